The Bertz CT molecular complexity index is 78.5. The second-order valence-electron chi connectivity index (χ2n) is 2.24. The number of nitrogens with two attached hydrogens (primary N) is 1. The highest BCUT2D eigenvalue weighted by Gasteiger charge is 2.33. The summed E-state index contributed by atoms with van der Waals surface area (Å²) in [5, 5.41) is 10.6. The number of aliphatic hydroxyl groups excluding tert-OH is 1. The minimum atomic E-state index is -0.176. The van der Waals surface area contributed by atoms with Gasteiger partial charge in [0.15, 0.2) is 0 Å². The molecule has 1 heterocycles. The van der Waals surface area contributed by atoms with E-state index in [2.05, 4.69) is 0 Å². The van der Waals surface area contributed by atoms with Gasteiger partial charge in [-0.1, -0.05) is 6.92 Å². The van der Waals surface area contributed by atoms with Gasteiger partial charge in [-0.25, -0.2) is 5.01 Å². The molecule has 0 bridgehead atoms. The number of hydrazine groups is 1. The SMILES string of the molecule is CCC1C(O)CN1N. The van der Waals surface area contributed by atoms with E-state index in [1.165, 1.54) is 0 Å². The molecule has 0 aromatic heterocycles. The van der Waals surface area contributed by atoms with Crippen LogP contribution in [0.1, 0.15) is 13.3 Å². The maximum atomic E-state index is 8.96. The fourth-order valence-corrected chi connectivity index (χ4v) is 1.06. The van der Waals surface area contributed by atoms with Crippen LogP contribution in [0.5, 0.6) is 0 Å². The standard InChI is InChI=1S/C5H12N2O/c1-2-4-5(8)3-7(4)6/h4-5,8H,2-3,6H2,1H3. The van der Waals surface area contributed by atoms with Gasteiger partial charge in [0.2, 0.25) is 0 Å². The van der Waals surface area contributed by atoms with Gasteiger partial charge in [0.05, 0.1) is 12.1 Å². The van der Waals surface area contributed by atoms with Gasteiger partial charge in [0.25, 0.3) is 0 Å². The molecule has 0 aliphatic carbocycles. The van der Waals surface area contributed by atoms with Crippen LogP contribution in [-0.2, 0) is 0 Å². The topological polar surface area (TPSA) is 49.5 Å². The highest BCUT2D eigenvalue weighted by molar-refractivity contribution is 4.86. The minimum Gasteiger partial charge on any atom is -0.390 e. The lowest BCUT2D eigenvalue weighted by Crippen LogP contribution is -2.62. The van der Waals surface area contributed by atoms with Gasteiger partial charge in [-0.3, -0.25) is 5.84 Å². The predicted octanol–water partition coefficient (Wildman–Crippen LogP) is -0.685. The molecular formula is C5H12N2O. The van der Waals surface area contributed by atoms with E-state index in [1.54, 1.807) is 5.01 Å². The highest BCUT2D eigenvalue weighted by Crippen LogP contribution is 2.15. The van der Waals surface area contributed by atoms with Crippen molar-refractivity contribution in [3.8, 4) is 0 Å². The number of aliphatic hydroxyl groups is 1. The van der Waals surface area contributed by atoms with Crippen LogP contribution < -0.4 is 5.84 Å². The lowest BCUT2D eigenvalue weighted by atomic mass is 10.0. The second kappa shape index (κ2) is 2.01. The third kappa shape index (κ3) is 0.727. The summed E-state index contributed by atoms with van der Waals surface area (Å²) in [6.45, 7) is 2.66. The summed E-state index contributed by atoms with van der Waals surface area (Å²) in [5.41, 5.74) is 0. The lowest BCUT2D eigenvalue weighted by Gasteiger charge is -2.41. The zero-order valence-electron chi connectivity index (χ0n) is 5.04. The number of hydrogen-bond donors (Lipinski definition) is 2. The molecule has 1 rings (SSSR count). The summed E-state index contributed by atoms with van der Waals surface area (Å²) in [6, 6.07) is 0.218. The van der Waals surface area contributed by atoms with Crippen LogP contribution in [0.3, 0.4) is 0 Å². The van der Waals surface area contributed by atoms with Crippen molar-refractivity contribution >= 4 is 0 Å². The van der Waals surface area contributed by atoms with Crippen molar-refractivity contribution in [3.05, 3.63) is 0 Å². The Hall–Kier alpha value is -0.120. The zero-order valence-corrected chi connectivity index (χ0v) is 5.04. The highest BCUT2D eigenvalue weighted by atomic mass is 16.3. The van der Waals surface area contributed by atoms with Crippen LogP contribution >= 0.6 is 0 Å². The molecule has 3 nitrogen and oxygen atoms in total. The Labute approximate surface area is 49.1 Å². The van der Waals surface area contributed by atoms with E-state index >= 15 is 0 Å². The molecule has 1 fully saturated rings. The molecule has 0 aromatic carbocycles. The summed E-state index contributed by atoms with van der Waals surface area (Å²) >= 11 is 0. The molecule has 3 heteroatoms. The molecule has 2 unspecified atom stereocenters. The Morgan fingerprint density at radius 2 is 2.50 bits per heavy atom. The van der Waals surface area contributed by atoms with Crippen molar-refractivity contribution in [1.82, 2.24) is 5.01 Å². The quantitative estimate of drug-likeness (QED) is 0.446. The maximum Gasteiger partial charge on any atom is 0.0849 e. The van der Waals surface area contributed by atoms with E-state index in [-0.39, 0.29) is 12.1 Å². The number of hydrogen-bond acceptors (Lipinski definition) is 3. The number of rotatable bonds is 1. The van der Waals surface area contributed by atoms with Crippen molar-refractivity contribution in [1.29, 1.82) is 0 Å². The van der Waals surface area contributed by atoms with E-state index in [4.69, 9.17) is 10.9 Å². The molecule has 1 aliphatic heterocycles. The molecule has 1 aliphatic rings. The zero-order chi connectivity index (χ0) is 6.15. The van der Waals surface area contributed by atoms with Crippen LogP contribution in [0.2, 0.25) is 0 Å². The van der Waals surface area contributed by atoms with Gasteiger partial charge in [0, 0.05) is 6.54 Å². The summed E-state index contributed by atoms with van der Waals surface area (Å²) in [4.78, 5) is 0. The third-order valence-corrected chi connectivity index (χ3v) is 1.69. The van der Waals surface area contributed by atoms with Gasteiger partial charge in [-0.2, -0.15) is 0 Å². The third-order valence-electron chi connectivity index (χ3n) is 1.69. The Morgan fingerprint density at radius 3 is 2.62 bits per heavy atom. The first kappa shape index (κ1) is 6.01. The molecule has 48 valence electrons. The van der Waals surface area contributed by atoms with Crippen molar-refractivity contribution in [2.45, 2.75) is 25.5 Å². The second-order valence-corrected chi connectivity index (χ2v) is 2.24. The van der Waals surface area contributed by atoms with Gasteiger partial charge in [-0.15, -0.1) is 0 Å². The first-order valence-corrected chi connectivity index (χ1v) is 2.95. The van der Waals surface area contributed by atoms with Crippen LogP contribution in [0.4, 0.5) is 0 Å². The van der Waals surface area contributed by atoms with Crippen molar-refractivity contribution < 1.29 is 5.11 Å². The fourth-order valence-electron chi connectivity index (χ4n) is 1.06. The fraction of sp³-hybridized carbons (Fsp3) is 1.00. The average Bonchev–Trinajstić information content (AvgIpc) is 1.67. The Kier molecular flexibility index (Phi) is 1.51. The molecule has 0 radical (unpaired) electrons. The maximum absolute atomic E-state index is 8.96. The predicted molar refractivity (Wildman–Crippen MR) is 31.0 cm³/mol. The van der Waals surface area contributed by atoms with E-state index in [1.807, 2.05) is 6.92 Å². The van der Waals surface area contributed by atoms with Crippen LogP contribution in [-0.4, -0.2) is 28.8 Å². The molecule has 2 atom stereocenters. The molecular weight excluding hydrogens is 104 g/mol. The van der Waals surface area contributed by atoms with Gasteiger partial charge in [-0.05, 0) is 6.42 Å². The summed E-state index contributed by atoms with van der Waals surface area (Å²) in [5.74, 6) is 5.40. The average molecular weight is 116 g/mol. The molecule has 0 amide bonds. The largest absolute Gasteiger partial charge is 0.390 e. The van der Waals surface area contributed by atoms with E-state index in [9.17, 15) is 0 Å². The van der Waals surface area contributed by atoms with Gasteiger partial charge >= 0.3 is 0 Å². The van der Waals surface area contributed by atoms with E-state index in [0.29, 0.717) is 6.54 Å². The van der Waals surface area contributed by atoms with Crippen LogP contribution in [0.25, 0.3) is 0 Å². The monoisotopic (exact) mass is 116 g/mol. The smallest absolute Gasteiger partial charge is 0.0849 e. The molecule has 1 saturated heterocycles. The summed E-state index contributed by atoms with van der Waals surface area (Å²) in [6.07, 6.45) is 0.766. The van der Waals surface area contributed by atoms with Crippen molar-refractivity contribution in [2.24, 2.45) is 5.84 Å². The molecule has 0 spiro atoms. The van der Waals surface area contributed by atoms with Gasteiger partial charge < -0.3 is 5.11 Å². The molecule has 8 heavy (non-hydrogen) atoms. The van der Waals surface area contributed by atoms with Crippen LogP contribution in [0, 0.1) is 0 Å². The molecule has 0 saturated carbocycles. The molecule has 0 aromatic rings. The normalized spacial score (nSPS) is 39.4. The molecule has 3 N–H and O–H groups in total. The summed E-state index contributed by atoms with van der Waals surface area (Å²) in [7, 11) is 0. The number of nitrogens with zero attached hydrogens (tertiary/aromatic N) is 1. The Balaban J connectivity index is 2.29. The van der Waals surface area contributed by atoms with Crippen molar-refractivity contribution in [3.63, 3.8) is 0 Å². The first-order valence-electron chi connectivity index (χ1n) is 2.95. The van der Waals surface area contributed by atoms with Crippen LogP contribution in [0.15, 0.2) is 0 Å². The lowest BCUT2D eigenvalue weighted by molar-refractivity contribution is -0.0634. The van der Waals surface area contributed by atoms with E-state index < -0.39 is 0 Å². The summed E-state index contributed by atoms with van der Waals surface area (Å²) < 4.78 is 0. The first-order chi connectivity index (χ1) is 3.75. The minimum absolute atomic E-state index is 0.176. The number of β-amino-alcohol motifs (C(OH)–C–C–N with tert-alkyl or cyclic N) is 1. The van der Waals surface area contributed by atoms with Gasteiger partial charge in [0.1, 0.15) is 0 Å². The van der Waals surface area contributed by atoms with E-state index in [0.717, 1.165) is 6.42 Å². The Morgan fingerprint density at radius 1 is 1.88 bits per heavy atom. The van der Waals surface area contributed by atoms with Crippen molar-refractivity contribution in [2.75, 3.05) is 6.54 Å².